The minimum absolute atomic E-state index is 0.473. The highest BCUT2D eigenvalue weighted by molar-refractivity contribution is 5.77. The fraction of sp³-hybridized carbons (Fsp3) is 0.440. The maximum Gasteiger partial charge on any atom is 0.233 e. The average Bonchev–Trinajstić information content (AvgIpc) is 3.06. The Bertz CT molecular complexity index is 1190. The predicted molar refractivity (Wildman–Crippen MR) is 125 cm³/mol. The lowest BCUT2D eigenvalue weighted by Crippen LogP contribution is -2.48. The van der Waals surface area contributed by atoms with Crippen molar-refractivity contribution in [1.29, 1.82) is 0 Å². The quantitative estimate of drug-likeness (QED) is 0.605. The molecule has 170 valence electrons. The summed E-state index contributed by atoms with van der Waals surface area (Å²) >= 11 is 0. The normalized spacial score (nSPS) is 23.4. The molecule has 8 heteroatoms. The van der Waals surface area contributed by atoms with Crippen LogP contribution in [0.2, 0.25) is 0 Å². The number of ether oxygens (including phenoxy) is 2. The molecule has 0 saturated carbocycles. The van der Waals surface area contributed by atoms with Crippen LogP contribution in [0.5, 0.6) is 11.8 Å². The SMILES string of the molecule is COc1cc(-c2ccc3c(c2)COc2nc(N(C)C4CC5CCC(C4)N5C)ncc2-3)cnn1. The summed E-state index contributed by atoms with van der Waals surface area (Å²) in [6.07, 6.45) is 8.60. The van der Waals surface area contributed by atoms with Gasteiger partial charge in [-0.05, 0) is 55.5 Å². The number of nitrogens with zero attached hydrogens (tertiary/aromatic N) is 6. The number of hydrogen-bond acceptors (Lipinski definition) is 8. The second kappa shape index (κ2) is 7.95. The molecule has 0 spiro atoms. The summed E-state index contributed by atoms with van der Waals surface area (Å²) in [4.78, 5) is 14.4. The standard InChI is InChI=1S/C25H28N6O2/c1-30-18-5-6-19(30)11-20(10-18)31(2)25-26-13-22-21-7-4-15(8-17(21)14-33-24(22)28-25)16-9-23(32-3)29-27-12-16/h4,7-9,12-13,18-20H,5-6,10-11,14H2,1-3H3. The minimum atomic E-state index is 0.473. The van der Waals surface area contributed by atoms with E-state index in [1.807, 2.05) is 12.3 Å². The first kappa shape index (κ1) is 20.4. The van der Waals surface area contributed by atoms with Gasteiger partial charge < -0.3 is 19.3 Å². The van der Waals surface area contributed by atoms with Crippen molar-refractivity contribution >= 4 is 5.95 Å². The van der Waals surface area contributed by atoms with Gasteiger partial charge in [0.1, 0.15) is 6.61 Å². The maximum absolute atomic E-state index is 6.10. The van der Waals surface area contributed by atoms with Crippen molar-refractivity contribution in [3.05, 3.63) is 42.2 Å². The summed E-state index contributed by atoms with van der Waals surface area (Å²) in [6, 6.07) is 10.0. The molecule has 33 heavy (non-hydrogen) atoms. The molecule has 3 aromatic rings. The fourth-order valence-corrected chi connectivity index (χ4v) is 5.59. The van der Waals surface area contributed by atoms with E-state index < -0.39 is 0 Å². The third kappa shape index (κ3) is 3.49. The van der Waals surface area contributed by atoms with Gasteiger partial charge in [-0.15, -0.1) is 5.10 Å². The number of anilines is 1. The lowest BCUT2D eigenvalue weighted by atomic mass is 9.95. The van der Waals surface area contributed by atoms with Crippen LogP contribution in [-0.4, -0.2) is 64.4 Å². The smallest absolute Gasteiger partial charge is 0.233 e. The minimum Gasteiger partial charge on any atom is -0.480 e. The Hall–Kier alpha value is -3.26. The van der Waals surface area contributed by atoms with Crippen LogP contribution in [-0.2, 0) is 6.61 Å². The molecule has 5 heterocycles. The molecule has 0 amide bonds. The van der Waals surface area contributed by atoms with E-state index in [2.05, 4.69) is 52.3 Å². The van der Waals surface area contributed by atoms with E-state index in [1.165, 1.54) is 25.7 Å². The van der Waals surface area contributed by atoms with E-state index in [1.54, 1.807) is 13.3 Å². The van der Waals surface area contributed by atoms with Crippen molar-refractivity contribution in [3.63, 3.8) is 0 Å². The van der Waals surface area contributed by atoms with Crippen molar-refractivity contribution in [2.24, 2.45) is 0 Å². The molecular weight excluding hydrogens is 416 g/mol. The highest BCUT2D eigenvalue weighted by atomic mass is 16.5. The first-order valence-electron chi connectivity index (χ1n) is 11.6. The summed E-state index contributed by atoms with van der Waals surface area (Å²) in [5.74, 6) is 1.91. The Balaban J connectivity index is 1.26. The average molecular weight is 445 g/mol. The van der Waals surface area contributed by atoms with Gasteiger partial charge in [0, 0.05) is 43.0 Å². The molecule has 2 aromatic heterocycles. The first-order chi connectivity index (χ1) is 16.1. The summed E-state index contributed by atoms with van der Waals surface area (Å²) in [5.41, 5.74) is 5.15. The van der Waals surface area contributed by atoms with Crippen LogP contribution < -0.4 is 14.4 Å². The molecule has 6 rings (SSSR count). The first-order valence-corrected chi connectivity index (χ1v) is 11.6. The molecule has 3 aliphatic heterocycles. The second-order valence-electron chi connectivity index (χ2n) is 9.32. The third-order valence-electron chi connectivity index (χ3n) is 7.61. The molecule has 3 aliphatic rings. The second-order valence-corrected chi connectivity index (χ2v) is 9.32. The van der Waals surface area contributed by atoms with Crippen molar-refractivity contribution in [2.45, 2.75) is 50.4 Å². The van der Waals surface area contributed by atoms with Crippen molar-refractivity contribution in [2.75, 3.05) is 26.1 Å². The summed E-state index contributed by atoms with van der Waals surface area (Å²) in [7, 11) is 5.98. The van der Waals surface area contributed by atoms with Gasteiger partial charge in [0.05, 0.1) is 18.9 Å². The number of hydrogen-bond donors (Lipinski definition) is 0. The topological polar surface area (TPSA) is 76.5 Å². The third-order valence-corrected chi connectivity index (χ3v) is 7.61. The monoisotopic (exact) mass is 444 g/mol. The summed E-state index contributed by atoms with van der Waals surface area (Å²) in [6.45, 7) is 0.477. The molecule has 2 atom stereocenters. The largest absolute Gasteiger partial charge is 0.480 e. The highest BCUT2D eigenvalue weighted by Crippen LogP contribution is 2.40. The lowest BCUT2D eigenvalue weighted by Gasteiger charge is -2.40. The number of aromatic nitrogens is 4. The Morgan fingerprint density at radius 1 is 1.06 bits per heavy atom. The van der Waals surface area contributed by atoms with Crippen molar-refractivity contribution in [3.8, 4) is 34.0 Å². The van der Waals surface area contributed by atoms with Gasteiger partial charge in [0.15, 0.2) is 0 Å². The van der Waals surface area contributed by atoms with Gasteiger partial charge in [0.25, 0.3) is 0 Å². The van der Waals surface area contributed by atoms with Crippen LogP contribution in [0.15, 0.2) is 36.7 Å². The van der Waals surface area contributed by atoms with Gasteiger partial charge >= 0.3 is 0 Å². The molecule has 8 nitrogen and oxygen atoms in total. The van der Waals surface area contributed by atoms with E-state index in [-0.39, 0.29) is 0 Å². The lowest BCUT2D eigenvalue weighted by molar-refractivity contribution is 0.160. The zero-order valence-electron chi connectivity index (χ0n) is 19.2. The van der Waals surface area contributed by atoms with Gasteiger partial charge in [-0.25, -0.2) is 4.98 Å². The molecule has 0 N–H and O–H groups in total. The van der Waals surface area contributed by atoms with Crippen LogP contribution >= 0.6 is 0 Å². The molecule has 2 unspecified atom stereocenters. The van der Waals surface area contributed by atoms with Crippen LogP contribution in [0.25, 0.3) is 22.3 Å². The zero-order valence-corrected chi connectivity index (χ0v) is 19.2. The molecular formula is C25H28N6O2. The Kier molecular flexibility index (Phi) is 4.90. The van der Waals surface area contributed by atoms with E-state index in [4.69, 9.17) is 19.4 Å². The van der Waals surface area contributed by atoms with Crippen LogP contribution in [0.1, 0.15) is 31.2 Å². The summed E-state index contributed by atoms with van der Waals surface area (Å²) in [5, 5.41) is 7.98. The van der Waals surface area contributed by atoms with E-state index in [9.17, 15) is 0 Å². The van der Waals surface area contributed by atoms with Crippen LogP contribution in [0.3, 0.4) is 0 Å². The van der Waals surface area contributed by atoms with Gasteiger partial charge in [-0.1, -0.05) is 12.1 Å². The number of rotatable bonds is 4. The Morgan fingerprint density at radius 3 is 2.67 bits per heavy atom. The predicted octanol–water partition coefficient (Wildman–Crippen LogP) is 3.56. The molecule has 2 fully saturated rings. The molecule has 2 saturated heterocycles. The van der Waals surface area contributed by atoms with Crippen LogP contribution in [0, 0.1) is 0 Å². The van der Waals surface area contributed by atoms with E-state index in [0.717, 1.165) is 33.8 Å². The summed E-state index contributed by atoms with van der Waals surface area (Å²) < 4.78 is 11.3. The van der Waals surface area contributed by atoms with Gasteiger partial charge in [-0.3, -0.25) is 0 Å². The molecule has 1 aromatic carbocycles. The van der Waals surface area contributed by atoms with Gasteiger partial charge in [-0.2, -0.15) is 10.1 Å². The van der Waals surface area contributed by atoms with E-state index in [0.29, 0.717) is 36.5 Å². The van der Waals surface area contributed by atoms with Gasteiger partial charge in [0.2, 0.25) is 17.7 Å². The Labute approximate surface area is 193 Å². The number of benzene rings is 1. The number of piperidine rings is 1. The van der Waals surface area contributed by atoms with Crippen molar-refractivity contribution in [1.82, 2.24) is 25.1 Å². The maximum atomic E-state index is 6.10. The fourth-order valence-electron chi connectivity index (χ4n) is 5.59. The molecule has 2 bridgehead atoms. The van der Waals surface area contributed by atoms with E-state index >= 15 is 0 Å². The highest BCUT2D eigenvalue weighted by Gasteiger charge is 2.40. The number of fused-ring (bicyclic) bond motifs is 5. The molecule has 0 radical (unpaired) electrons. The van der Waals surface area contributed by atoms with Crippen LogP contribution in [0.4, 0.5) is 5.95 Å². The van der Waals surface area contributed by atoms with Crippen molar-refractivity contribution < 1.29 is 9.47 Å². The Morgan fingerprint density at radius 2 is 1.88 bits per heavy atom. The molecule has 0 aliphatic carbocycles. The number of methoxy groups -OCH3 is 1. The zero-order chi connectivity index (χ0) is 22.5.